The smallest absolute Gasteiger partial charge is 0.266 e. The minimum atomic E-state index is -0.348. The fourth-order valence-electron chi connectivity index (χ4n) is 2.68. The molecule has 0 atom stereocenters. The van der Waals surface area contributed by atoms with Gasteiger partial charge in [-0.25, -0.2) is 0 Å². The van der Waals surface area contributed by atoms with Crippen LogP contribution in [0.3, 0.4) is 0 Å². The SMILES string of the molecule is CN1CCC(c2c[nH]c(NC(=O)c3ccc(F)s3)c2)CC1. The second-order valence-electron chi connectivity index (χ2n) is 5.48. The van der Waals surface area contributed by atoms with Gasteiger partial charge >= 0.3 is 0 Å². The molecule has 0 saturated carbocycles. The monoisotopic (exact) mass is 307 g/mol. The number of aromatic nitrogens is 1. The van der Waals surface area contributed by atoms with Gasteiger partial charge in [-0.1, -0.05) is 0 Å². The number of likely N-dealkylation sites (tertiary alicyclic amines) is 1. The fraction of sp³-hybridized carbons (Fsp3) is 0.400. The van der Waals surface area contributed by atoms with E-state index in [4.69, 9.17) is 0 Å². The first-order valence-corrected chi connectivity index (χ1v) is 7.87. The molecular weight excluding hydrogens is 289 g/mol. The molecule has 0 aromatic carbocycles. The van der Waals surface area contributed by atoms with E-state index < -0.39 is 0 Å². The molecule has 0 radical (unpaired) electrons. The highest BCUT2D eigenvalue weighted by atomic mass is 32.1. The molecule has 2 aromatic heterocycles. The average Bonchev–Trinajstić information content (AvgIpc) is 3.09. The van der Waals surface area contributed by atoms with Crippen LogP contribution < -0.4 is 5.32 Å². The molecule has 2 aromatic rings. The quantitative estimate of drug-likeness (QED) is 0.914. The van der Waals surface area contributed by atoms with Crippen LogP contribution in [0, 0.1) is 5.13 Å². The summed E-state index contributed by atoms with van der Waals surface area (Å²) in [5, 5.41) is 2.43. The largest absolute Gasteiger partial charge is 0.348 e. The first-order valence-electron chi connectivity index (χ1n) is 7.05. The van der Waals surface area contributed by atoms with Gasteiger partial charge in [0.05, 0.1) is 4.88 Å². The summed E-state index contributed by atoms with van der Waals surface area (Å²) >= 11 is 0.852. The van der Waals surface area contributed by atoms with Gasteiger partial charge in [-0.05, 0) is 62.7 Å². The van der Waals surface area contributed by atoms with Crippen molar-refractivity contribution in [3.05, 3.63) is 40.0 Å². The van der Waals surface area contributed by atoms with Crippen LogP contribution >= 0.6 is 11.3 Å². The van der Waals surface area contributed by atoms with Crippen LogP contribution in [0.2, 0.25) is 0 Å². The van der Waals surface area contributed by atoms with Crippen LogP contribution in [0.5, 0.6) is 0 Å². The normalized spacial score (nSPS) is 17.0. The number of H-pyrrole nitrogens is 1. The highest BCUT2D eigenvalue weighted by molar-refractivity contribution is 7.12. The van der Waals surface area contributed by atoms with Gasteiger partial charge in [0.25, 0.3) is 5.91 Å². The van der Waals surface area contributed by atoms with E-state index in [1.54, 1.807) is 0 Å². The van der Waals surface area contributed by atoms with Crippen LogP contribution in [0.25, 0.3) is 0 Å². The lowest BCUT2D eigenvalue weighted by Gasteiger charge is -2.28. The van der Waals surface area contributed by atoms with Gasteiger partial charge in [0, 0.05) is 6.20 Å². The predicted molar refractivity (Wildman–Crippen MR) is 82.5 cm³/mol. The average molecular weight is 307 g/mol. The molecule has 0 bridgehead atoms. The van der Waals surface area contributed by atoms with Crippen LogP contribution in [0.4, 0.5) is 10.2 Å². The Morgan fingerprint density at radius 1 is 1.43 bits per heavy atom. The predicted octanol–water partition coefficient (Wildman–Crippen LogP) is 3.28. The fourth-order valence-corrected chi connectivity index (χ4v) is 3.31. The highest BCUT2D eigenvalue weighted by Gasteiger charge is 2.20. The molecule has 1 saturated heterocycles. The number of hydrogen-bond donors (Lipinski definition) is 2. The molecule has 6 heteroatoms. The number of anilines is 1. The zero-order valence-corrected chi connectivity index (χ0v) is 12.7. The number of nitrogens with one attached hydrogen (secondary N) is 2. The van der Waals surface area contributed by atoms with Crippen molar-refractivity contribution >= 4 is 23.1 Å². The number of carbonyl (C=O) groups is 1. The Labute approximate surface area is 127 Å². The summed E-state index contributed by atoms with van der Waals surface area (Å²) in [4.78, 5) is 17.8. The molecule has 2 N–H and O–H groups in total. The van der Waals surface area contributed by atoms with E-state index in [1.165, 1.54) is 17.7 Å². The molecule has 0 aliphatic carbocycles. The number of thiophene rings is 1. The second kappa shape index (κ2) is 5.99. The van der Waals surface area contributed by atoms with Crippen molar-refractivity contribution in [1.82, 2.24) is 9.88 Å². The van der Waals surface area contributed by atoms with Crippen LogP contribution in [-0.2, 0) is 0 Å². The van der Waals surface area contributed by atoms with Gasteiger partial charge in [-0.2, -0.15) is 4.39 Å². The van der Waals surface area contributed by atoms with E-state index >= 15 is 0 Å². The maximum atomic E-state index is 12.9. The summed E-state index contributed by atoms with van der Waals surface area (Å²) in [7, 11) is 2.14. The summed E-state index contributed by atoms with van der Waals surface area (Å²) < 4.78 is 12.9. The Balaban J connectivity index is 1.64. The van der Waals surface area contributed by atoms with Crippen LogP contribution in [0.1, 0.15) is 34.0 Å². The molecule has 1 amide bonds. The number of aromatic amines is 1. The minimum Gasteiger partial charge on any atom is -0.348 e. The molecule has 1 aliphatic rings. The van der Waals surface area contributed by atoms with Crippen molar-refractivity contribution in [2.45, 2.75) is 18.8 Å². The van der Waals surface area contributed by atoms with Gasteiger partial charge in [0.1, 0.15) is 5.82 Å². The van der Waals surface area contributed by atoms with E-state index in [2.05, 4.69) is 22.2 Å². The third-order valence-corrected chi connectivity index (χ3v) is 4.81. The van der Waals surface area contributed by atoms with Gasteiger partial charge in [-0.3, -0.25) is 4.79 Å². The Hall–Kier alpha value is -1.66. The number of piperidine rings is 1. The first kappa shape index (κ1) is 14.3. The number of carbonyl (C=O) groups excluding carboxylic acids is 1. The maximum Gasteiger partial charge on any atom is 0.266 e. The van der Waals surface area contributed by atoms with Gasteiger partial charge in [0.15, 0.2) is 5.13 Å². The van der Waals surface area contributed by atoms with Crippen molar-refractivity contribution in [3.8, 4) is 0 Å². The van der Waals surface area contributed by atoms with Gasteiger partial charge in [-0.15, -0.1) is 11.3 Å². The molecule has 3 heterocycles. The van der Waals surface area contributed by atoms with Crippen LogP contribution in [0.15, 0.2) is 24.4 Å². The standard InChI is InChI=1S/C15H18FN3OS/c1-19-6-4-10(5-7-19)11-8-14(17-9-11)18-15(20)12-2-3-13(16)21-12/h2-3,8-10,17H,4-7H2,1H3,(H,18,20). The van der Waals surface area contributed by atoms with Crippen molar-refractivity contribution in [3.63, 3.8) is 0 Å². The Kier molecular flexibility index (Phi) is 4.07. The summed E-state index contributed by atoms with van der Waals surface area (Å²) in [6.45, 7) is 2.21. The number of amides is 1. The Bertz CT molecular complexity index is 628. The van der Waals surface area contributed by atoms with Gasteiger partial charge in [0.2, 0.25) is 0 Å². The molecule has 0 unspecified atom stereocenters. The van der Waals surface area contributed by atoms with E-state index in [-0.39, 0.29) is 11.0 Å². The lowest BCUT2D eigenvalue weighted by molar-refractivity contribution is 0.103. The third-order valence-electron chi connectivity index (χ3n) is 3.94. The number of rotatable bonds is 3. The van der Waals surface area contributed by atoms with Crippen molar-refractivity contribution in [2.75, 3.05) is 25.5 Å². The van der Waals surface area contributed by atoms with Gasteiger partial charge < -0.3 is 15.2 Å². The maximum absolute atomic E-state index is 12.9. The molecule has 4 nitrogen and oxygen atoms in total. The van der Waals surface area contributed by atoms with Crippen LogP contribution in [-0.4, -0.2) is 35.9 Å². The number of hydrogen-bond acceptors (Lipinski definition) is 3. The first-order chi connectivity index (χ1) is 10.1. The summed E-state index contributed by atoms with van der Waals surface area (Å²) in [5.74, 6) is 0.936. The zero-order chi connectivity index (χ0) is 14.8. The van der Waals surface area contributed by atoms with Crippen molar-refractivity contribution in [2.24, 2.45) is 0 Å². The van der Waals surface area contributed by atoms with E-state index in [9.17, 15) is 9.18 Å². The summed E-state index contributed by atoms with van der Waals surface area (Å²) in [5.41, 5.74) is 1.23. The Morgan fingerprint density at radius 3 is 2.86 bits per heavy atom. The molecule has 0 spiro atoms. The molecular formula is C15H18FN3OS. The Morgan fingerprint density at radius 2 is 2.19 bits per heavy atom. The van der Waals surface area contributed by atoms with Crippen molar-refractivity contribution in [1.29, 1.82) is 0 Å². The molecule has 3 rings (SSSR count). The minimum absolute atomic E-state index is 0.277. The van der Waals surface area contributed by atoms with E-state index in [0.29, 0.717) is 16.6 Å². The number of halogens is 1. The van der Waals surface area contributed by atoms with E-state index in [1.807, 2.05) is 12.3 Å². The molecule has 1 aliphatic heterocycles. The molecule has 21 heavy (non-hydrogen) atoms. The zero-order valence-electron chi connectivity index (χ0n) is 11.9. The van der Waals surface area contributed by atoms with Crippen molar-refractivity contribution < 1.29 is 9.18 Å². The summed E-state index contributed by atoms with van der Waals surface area (Å²) in [6, 6.07) is 4.78. The lowest BCUT2D eigenvalue weighted by atomic mass is 9.91. The van der Waals surface area contributed by atoms with E-state index in [0.717, 1.165) is 37.3 Å². The molecule has 112 valence electrons. The summed E-state index contributed by atoms with van der Waals surface area (Å²) in [6.07, 6.45) is 4.23. The lowest BCUT2D eigenvalue weighted by Crippen LogP contribution is -2.29. The topological polar surface area (TPSA) is 48.1 Å². The second-order valence-corrected chi connectivity index (χ2v) is 6.52. The molecule has 1 fully saturated rings. The third kappa shape index (κ3) is 3.33. The highest BCUT2D eigenvalue weighted by Crippen LogP contribution is 2.29. The number of nitrogens with zero attached hydrogens (tertiary/aromatic N) is 1.